The van der Waals surface area contributed by atoms with Crippen molar-refractivity contribution >= 4 is 0 Å². The second-order valence-corrected chi connectivity index (χ2v) is 7.53. The van der Waals surface area contributed by atoms with E-state index < -0.39 is 0 Å². The highest BCUT2D eigenvalue weighted by Crippen LogP contribution is 2.63. The van der Waals surface area contributed by atoms with Gasteiger partial charge in [-0.15, -0.1) is 0 Å². The van der Waals surface area contributed by atoms with Crippen LogP contribution >= 0.6 is 0 Å². The predicted octanol–water partition coefficient (Wildman–Crippen LogP) is 4.72. The third kappa shape index (κ3) is 1.63. The summed E-state index contributed by atoms with van der Waals surface area (Å²) < 4.78 is 0. The first-order valence-electron chi connectivity index (χ1n) is 7.39. The molecular formula is C17H25N. The lowest BCUT2D eigenvalue weighted by atomic mass is 9.46. The molecule has 0 atom stereocenters. The van der Waals surface area contributed by atoms with E-state index in [0.717, 1.165) is 0 Å². The minimum absolute atomic E-state index is 0.411. The molecule has 0 aliphatic heterocycles. The lowest BCUT2D eigenvalue weighted by Crippen LogP contribution is -2.50. The van der Waals surface area contributed by atoms with Crippen LogP contribution in [0.3, 0.4) is 0 Å². The van der Waals surface area contributed by atoms with Crippen LogP contribution in [0, 0.1) is 10.8 Å². The molecule has 3 fully saturated rings. The zero-order valence-corrected chi connectivity index (χ0v) is 12.0. The smallest absolute Gasteiger partial charge is 0.0465 e. The quantitative estimate of drug-likeness (QED) is 0.695. The number of aromatic nitrogens is 1. The van der Waals surface area contributed by atoms with Crippen LogP contribution in [0.4, 0.5) is 0 Å². The maximum absolute atomic E-state index is 4.65. The van der Waals surface area contributed by atoms with Crippen molar-refractivity contribution in [3.8, 4) is 0 Å². The molecule has 1 aromatic heterocycles. The molecule has 4 rings (SSSR count). The average molecular weight is 243 g/mol. The summed E-state index contributed by atoms with van der Waals surface area (Å²) in [6.07, 6.45) is 10.2. The lowest BCUT2D eigenvalue weighted by Gasteiger charge is -2.58. The average Bonchev–Trinajstić information content (AvgIpc) is 2.41. The van der Waals surface area contributed by atoms with E-state index in [2.05, 4.69) is 37.9 Å². The first-order chi connectivity index (χ1) is 8.48. The first-order valence-corrected chi connectivity index (χ1v) is 7.39. The Bertz CT molecular complexity index is 402. The molecular weight excluding hydrogens is 218 g/mol. The molecule has 0 saturated heterocycles. The van der Waals surface area contributed by atoms with Crippen molar-refractivity contribution in [3.63, 3.8) is 0 Å². The molecule has 3 saturated carbocycles. The van der Waals surface area contributed by atoms with Crippen molar-refractivity contribution < 1.29 is 0 Å². The fraction of sp³-hybridized carbons (Fsp3) is 0.706. The van der Waals surface area contributed by atoms with Gasteiger partial charge < -0.3 is 0 Å². The van der Waals surface area contributed by atoms with Crippen LogP contribution < -0.4 is 0 Å². The molecule has 0 aromatic carbocycles. The molecule has 18 heavy (non-hydrogen) atoms. The van der Waals surface area contributed by atoms with E-state index in [4.69, 9.17) is 0 Å². The van der Waals surface area contributed by atoms with Crippen molar-refractivity contribution in [2.75, 3.05) is 0 Å². The van der Waals surface area contributed by atoms with Gasteiger partial charge >= 0.3 is 0 Å². The van der Waals surface area contributed by atoms with Crippen molar-refractivity contribution in [2.24, 2.45) is 10.8 Å². The minimum atomic E-state index is 0.411. The lowest BCUT2D eigenvalue weighted by molar-refractivity contribution is -0.0473. The Morgan fingerprint density at radius 2 is 1.56 bits per heavy atom. The molecule has 0 radical (unpaired) electrons. The van der Waals surface area contributed by atoms with Gasteiger partial charge in [0.15, 0.2) is 0 Å². The van der Waals surface area contributed by atoms with E-state index in [1.807, 2.05) is 12.3 Å². The third-order valence-corrected chi connectivity index (χ3v) is 6.05. The van der Waals surface area contributed by atoms with Gasteiger partial charge in [0.2, 0.25) is 0 Å². The number of hydrogen-bond acceptors (Lipinski definition) is 1. The monoisotopic (exact) mass is 243 g/mol. The largest absolute Gasteiger partial charge is 0.261 e. The van der Waals surface area contributed by atoms with Crippen LogP contribution in [0.1, 0.15) is 65.0 Å². The topological polar surface area (TPSA) is 12.9 Å². The van der Waals surface area contributed by atoms with Gasteiger partial charge in [-0.3, -0.25) is 4.98 Å². The van der Waals surface area contributed by atoms with E-state index >= 15 is 0 Å². The molecule has 0 N–H and O–H groups in total. The molecule has 0 spiro atoms. The highest BCUT2D eigenvalue weighted by molar-refractivity contribution is 5.22. The predicted molar refractivity (Wildman–Crippen MR) is 75.5 cm³/mol. The molecule has 2 bridgehead atoms. The second-order valence-electron chi connectivity index (χ2n) is 7.53. The van der Waals surface area contributed by atoms with Gasteiger partial charge in [0.1, 0.15) is 0 Å². The molecule has 1 heterocycles. The van der Waals surface area contributed by atoms with Gasteiger partial charge in [0.25, 0.3) is 0 Å². The van der Waals surface area contributed by atoms with Gasteiger partial charge in [0.05, 0.1) is 0 Å². The molecule has 98 valence electrons. The molecule has 3 aliphatic carbocycles. The van der Waals surface area contributed by atoms with Gasteiger partial charge in [-0.25, -0.2) is 0 Å². The van der Waals surface area contributed by atoms with E-state index in [0.29, 0.717) is 16.2 Å². The summed E-state index contributed by atoms with van der Waals surface area (Å²) in [5, 5.41) is 0. The number of fused-ring (bicyclic) bond motifs is 3. The van der Waals surface area contributed by atoms with Gasteiger partial charge in [0, 0.05) is 17.3 Å². The Balaban J connectivity index is 1.88. The summed E-state index contributed by atoms with van der Waals surface area (Å²) in [4.78, 5) is 4.65. The van der Waals surface area contributed by atoms with Crippen molar-refractivity contribution in [1.29, 1.82) is 0 Å². The zero-order chi connectivity index (χ0) is 12.9. The summed E-state index contributed by atoms with van der Waals surface area (Å²) in [5.41, 5.74) is 2.83. The maximum Gasteiger partial charge on any atom is 0.0465 e. The van der Waals surface area contributed by atoms with Crippen molar-refractivity contribution in [2.45, 2.75) is 64.7 Å². The minimum Gasteiger partial charge on any atom is -0.261 e. The Hall–Kier alpha value is -0.850. The number of hydrogen-bond donors (Lipinski definition) is 0. The fourth-order valence-corrected chi connectivity index (χ4v) is 4.37. The SMILES string of the molecule is CC(C)(C)C12CCC(c3ccccn3)(CC1)CC2. The van der Waals surface area contributed by atoms with Gasteiger partial charge in [-0.2, -0.15) is 0 Å². The maximum atomic E-state index is 4.65. The molecule has 1 nitrogen and oxygen atoms in total. The standard InChI is InChI=1S/C17H25N/c1-15(2,3)17-10-7-16(8-11-17,9-12-17)14-6-4-5-13-18-14/h4-6,13H,7-12H2,1-3H3. The Labute approximate surface area is 111 Å². The van der Waals surface area contributed by atoms with Crippen LogP contribution in [-0.4, -0.2) is 4.98 Å². The summed E-state index contributed by atoms with van der Waals surface area (Å²) in [6.45, 7) is 7.31. The molecule has 0 unspecified atom stereocenters. The van der Waals surface area contributed by atoms with Gasteiger partial charge in [-0.1, -0.05) is 26.8 Å². The highest BCUT2D eigenvalue weighted by atomic mass is 14.7. The summed E-state index contributed by atoms with van der Waals surface area (Å²) in [7, 11) is 0. The van der Waals surface area contributed by atoms with Crippen molar-refractivity contribution in [1.82, 2.24) is 4.98 Å². The van der Waals surface area contributed by atoms with Crippen LogP contribution in [0.15, 0.2) is 24.4 Å². The summed E-state index contributed by atoms with van der Waals surface area (Å²) in [6, 6.07) is 6.43. The fourth-order valence-electron chi connectivity index (χ4n) is 4.37. The second kappa shape index (κ2) is 3.82. The van der Waals surface area contributed by atoms with Crippen LogP contribution in [0.25, 0.3) is 0 Å². The number of rotatable bonds is 1. The number of pyridine rings is 1. The van der Waals surface area contributed by atoms with Crippen molar-refractivity contribution in [3.05, 3.63) is 30.1 Å². The first kappa shape index (κ1) is 12.2. The molecule has 1 aromatic rings. The van der Waals surface area contributed by atoms with E-state index in [1.165, 1.54) is 44.2 Å². The van der Waals surface area contributed by atoms with E-state index in [9.17, 15) is 0 Å². The van der Waals surface area contributed by atoms with Gasteiger partial charge in [-0.05, 0) is 61.5 Å². The Morgan fingerprint density at radius 3 is 2.00 bits per heavy atom. The Morgan fingerprint density at radius 1 is 0.944 bits per heavy atom. The molecule has 3 aliphatic rings. The number of nitrogens with zero attached hydrogens (tertiary/aromatic N) is 1. The van der Waals surface area contributed by atoms with Crippen LogP contribution in [0.5, 0.6) is 0 Å². The highest BCUT2D eigenvalue weighted by Gasteiger charge is 2.54. The molecule has 0 amide bonds. The summed E-state index contributed by atoms with van der Waals surface area (Å²) in [5.74, 6) is 0. The van der Waals surface area contributed by atoms with E-state index in [-0.39, 0.29) is 0 Å². The van der Waals surface area contributed by atoms with Crippen LogP contribution in [0.2, 0.25) is 0 Å². The molecule has 1 heteroatoms. The zero-order valence-electron chi connectivity index (χ0n) is 12.0. The summed E-state index contributed by atoms with van der Waals surface area (Å²) >= 11 is 0. The third-order valence-electron chi connectivity index (χ3n) is 6.05. The Kier molecular flexibility index (Phi) is 2.59. The van der Waals surface area contributed by atoms with E-state index in [1.54, 1.807) is 0 Å². The van der Waals surface area contributed by atoms with Crippen LogP contribution in [-0.2, 0) is 5.41 Å². The normalized spacial score (nSPS) is 35.7.